The highest BCUT2D eigenvalue weighted by Gasteiger charge is 2.19. The predicted octanol–water partition coefficient (Wildman–Crippen LogP) is 1.36. The van der Waals surface area contributed by atoms with Crippen LogP contribution in [0.25, 0.3) is 0 Å². The van der Waals surface area contributed by atoms with Crippen LogP contribution < -0.4 is 5.32 Å². The van der Waals surface area contributed by atoms with Gasteiger partial charge < -0.3 is 10.2 Å². The van der Waals surface area contributed by atoms with Gasteiger partial charge in [0.1, 0.15) is 0 Å². The van der Waals surface area contributed by atoms with E-state index in [4.69, 9.17) is 0 Å². The van der Waals surface area contributed by atoms with Crippen LogP contribution in [0.1, 0.15) is 11.3 Å². The summed E-state index contributed by atoms with van der Waals surface area (Å²) in [5.74, 6) is 0.867. The number of carbonyl (C=O) groups excluding carboxylic acids is 1. The van der Waals surface area contributed by atoms with Crippen molar-refractivity contribution in [3.63, 3.8) is 0 Å². The van der Waals surface area contributed by atoms with Crippen molar-refractivity contribution in [2.24, 2.45) is 5.92 Å². The van der Waals surface area contributed by atoms with E-state index in [9.17, 15) is 4.79 Å². The Labute approximate surface area is 100 Å². The summed E-state index contributed by atoms with van der Waals surface area (Å²) in [4.78, 5) is 14.9. The highest BCUT2D eigenvalue weighted by atomic mass is 32.1. The second kappa shape index (κ2) is 5.46. The van der Waals surface area contributed by atoms with Crippen LogP contribution in [0.2, 0.25) is 0 Å². The van der Waals surface area contributed by atoms with E-state index in [0.29, 0.717) is 12.3 Å². The smallest absolute Gasteiger partial charge is 0.227 e. The minimum atomic E-state index is 0.231. The Hall–Kier alpha value is -0.870. The van der Waals surface area contributed by atoms with E-state index in [-0.39, 0.29) is 5.91 Å². The molecular weight excluding hydrogens is 220 g/mol. The normalized spacial score (nSPS) is 19.9. The van der Waals surface area contributed by atoms with Crippen LogP contribution >= 0.6 is 11.3 Å². The summed E-state index contributed by atoms with van der Waals surface area (Å²) < 4.78 is 0. The molecule has 1 aromatic heterocycles. The van der Waals surface area contributed by atoms with Crippen molar-refractivity contribution in [3.8, 4) is 0 Å². The van der Waals surface area contributed by atoms with Crippen LogP contribution in [0.5, 0.6) is 0 Å². The number of rotatable bonds is 4. The van der Waals surface area contributed by atoms with E-state index in [1.54, 1.807) is 11.3 Å². The van der Waals surface area contributed by atoms with Crippen molar-refractivity contribution in [1.29, 1.82) is 0 Å². The van der Waals surface area contributed by atoms with Gasteiger partial charge in [0, 0.05) is 18.5 Å². The third kappa shape index (κ3) is 3.06. The molecule has 0 spiro atoms. The van der Waals surface area contributed by atoms with Crippen LogP contribution in [0.15, 0.2) is 17.5 Å². The predicted molar refractivity (Wildman–Crippen MR) is 66.6 cm³/mol. The van der Waals surface area contributed by atoms with Crippen molar-refractivity contribution in [3.05, 3.63) is 22.4 Å². The summed E-state index contributed by atoms with van der Waals surface area (Å²) in [6.45, 7) is 3.03. The minimum absolute atomic E-state index is 0.231. The second-order valence-corrected chi connectivity index (χ2v) is 5.42. The Bertz CT molecular complexity index is 331. The van der Waals surface area contributed by atoms with Crippen LogP contribution in [0, 0.1) is 5.92 Å². The molecule has 1 unspecified atom stereocenters. The molecule has 2 heterocycles. The third-order valence-electron chi connectivity index (χ3n) is 3.03. The van der Waals surface area contributed by atoms with Gasteiger partial charge >= 0.3 is 0 Å². The first-order chi connectivity index (χ1) is 7.75. The maximum Gasteiger partial charge on any atom is 0.227 e. The molecule has 0 radical (unpaired) electrons. The SMILES string of the molecule is CN(CC1CCNC1)C(=O)Cc1cccs1. The lowest BCUT2D eigenvalue weighted by atomic mass is 10.1. The molecule has 1 atom stereocenters. The van der Waals surface area contributed by atoms with Crippen LogP contribution in [-0.2, 0) is 11.2 Å². The summed E-state index contributed by atoms with van der Waals surface area (Å²) in [5.41, 5.74) is 0. The Morgan fingerprint density at radius 2 is 2.56 bits per heavy atom. The fourth-order valence-corrected chi connectivity index (χ4v) is 2.75. The summed E-state index contributed by atoms with van der Waals surface area (Å²) in [5, 5.41) is 5.34. The number of thiophene rings is 1. The topological polar surface area (TPSA) is 32.3 Å². The molecule has 1 amide bonds. The van der Waals surface area contributed by atoms with E-state index >= 15 is 0 Å². The largest absolute Gasteiger partial charge is 0.345 e. The minimum Gasteiger partial charge on any atom is -0.345 e. The Kier molecular flexibility index (Phi) is 3.96. The lowest BCUT2D eigenvalue weighted by molar-refractivity contribution is -0.129. The fraction of sp³-hybridized carbons (Fsp3) is 0.583. The number of amides is 1. The van der Waals surface area contributed by atoms with Gasteiger partial charge in [-0.2, -0.15) is 0 Å². The molecule has 1 aromatic rings. The quantitative estimate of drug-likeness (QED) is 0.859. The van der Waals surface area contributed by atoms with Gasteiger partial charge in [0.25, 0.3) is 0 Å². The fourth-order valence-electron chi connectivity index (χ4n) is 2.06. The maximum atomic E-state index is 11.9. The van der Waals surface area contributed by atoms with Crippen molar-refractivity contribution < 1.29 is 4.79 Å². The molecule has 1 aliphatic heterocycles. The molecule has 0 aliphatic carbocycles. The molecule has 16 heavy (non-hydrogen) atoms. The van der Waals surface area contributed by atoms with Gasteiger partial charge in [0.05, 0.1) is 6.42 Å². The highest BCUT2D eigenvalue weighted by molar-refractivity contribution is 7.10. The number of likely N-dealkylation sites (N-methyl/N-ethyl adjacent to an activating group) is 1. The average Bonchev–Trinajstić information content (AvgIpc) is 2.90. The number of carbonyl (C=O) groups is 1. The van der Waals surface area contributed by atoms with Crippen molar-refractivity contribution in [2.45, 2.75) is 12.8 Å². The second-order valence-electron chi connectivity index (χ2n) is 4.39. The maximum absolute atomic E-state index is 11.9. The standard InChI is InChI=1S/C12H18N2OS/c1-14(9-10-4-5-13-8-10)12(15)7-11-3-2-6-16-11/h2-3,6,10,13H,4-5,7-9H2,1H3. The molecule has 4 heteroatoms. The van der Waals surface area contributed by atoms with Gasteiger partial charge in [-0.05, 0) is 36.9 Å². The van der Waals surface area contributed by atoms with Crippen molar-refractivity contribution in [2.75, 3.05) is 26.7 Å². The van der Waals surface area contributed by atoms with Gasteiger partial charge in [-0.15, -0.1) is 11.3 Å². The zero-order valence-corrected chi connectivity index (χ0v) is 10.4. The molecule has 0 aromatic carbocycles. The molecule has 88 valence electrons. The molecule has 1 fully saturated rings. The van der Waals surface area contributed by atoms with E-state index < -0.39 is 0 Å². The summed E-state index contributed by atoms with van der Waals surface area (Å²) in [6.07, 6.45) is 1.74. The monoisotopic (exact) mass is 238 g/mol. The zero-order chi connectivity index (χ0) is 11.4. The number of nitrogens with zero attached hydrogens (tertiary/aromatic N) is 1. The number of hydrogen-bond acceptors (Lipinski definition) is 3. The molecule has 1 aliphatic rings. The molecule has 2 rings (SSSR count). The van der Waals surface area contributed by atoms with Crippen LogP contribution in [0.3, 0.4) is 0 Å². The van der Waals surface area contributed by atoms with E-state index in [1.165, 1.54) is 6.42 Å². The third-order valence-corrected chi connectivity index (χ3v) is 3.90. The molecule has 0 saturated carbocycles. The first-order valence-corrected chi connectivity index (χ1v) is 6.60. The van der Waals surface area contributed by atoms with Gasteiger partial charge in [0.15, 0.2) is 0 Å². The van der Waals surface area contributed by atoms with Crippen LogP contribution in [0.4, 0.5) is 0 Å². The molecule has 0 bridgehead atoms. The molecule has 1 N–H and O–H groups in total. The summed E-state index contributed by atoms with van der Waals surface area (Å²) in [6, 6.07) is 4.02. The van der Waals surface area contributed by atoms with Crippen molar-refractivity contribution >= 4 is 17.2 Å². The summed E-state index contributed by atoms with van der Waals surface area (Å²) in [7, 11) is 1.91. The van der Waals surface area contributed by atoms with Gasteiger partial charge in [-0.25, -0.2) is 0 Å². The van der Waals surface area contributed by atoms with Crippen LogP contribution in [-0.4, -0.2) is 37.5 Å². The first-order valence-electron chi connectivity index (χ1n) is 5.73. The van der Waals surface area contributed by atoms with Gasteiger partial charge in [-0.1, -0.05) is 6.07 Å². The van der Waals surface area contributed by atoms with Crippen molar-refractivity contribution in [1.82, 2.24) is 10.2 Å². The van der Waals surface area contributed by atoms with E-state index in [1.807, 2.05) is 29.5 Å². The Morgan fingerprint density at radius 1 is 1.69 bits per heavy atom. The first kappa shape index (κ1) is 11.6. The molecule has 1 saturated heterocycles. The molecular formula is C12H18N2OS. The number of hydrogen-bond donors (Lipinski definition) is 1. The lowest BCUT2D eigenvalue weighted by Gasteiger charge is -2.20. The van der Waals surface area contributed by atoms with Gasteiger partial charge in [0.2, 0.25) is 5.91 Å². The number of nitrogens with one attached hydrogen (secondary N) is 1. The molecule has 3 nitrogen and oxygen atoms in total. The summed E-state index contributed by atoms with van der Waals surface area (Å²) >= 11 is 1.65. The van der Waals surface area contributed by atoms with E-state index in [0.717, 1.165) is 24.5 Å². The Morgan fingerprint density at radius 3 is 3.19 bits per heavy atom. The zero-order valence-electron chi connectivity index (χ0n) is 9.61. The van der Waals surface area contributed by atoms with E-state index in [2.05, 4.69) is 5.32 Å². The lowest BCUT2D eigenvalue weighted by Crippen LogP contribution is -2.33. The average molecular weight is 238 g/mol. The Balaban J connectivity index is 1.79. The van der Waals surface area contributed by atoms with Gasteiger partial charge in [-0.3, -0.25) is 4.79 Å². The highest BCUT2D eigenvalue weighted by Crippen LogP contribution is 2.12.